The van der Waals surface area contributed by atoms with Crippen LogP contribution in [0.5, 0.6) is 0 Å². The average molecular weight is 475 g/mol. The van der Waals surface area contributed by atoms with Crippen LogP contribution in [-0.4, -0.2) is 51.9 Å². The fourth-order valence-corrected chi connectivity index (χ4v) is 3.65. The maximum absolute atomic E-state index is 13.8. The van der Waals surface area contributed by atoms with Crippen molar-refractivity contribution in [3.8, 4) is 0 Å². The van der Waals surface area contributed by atoms with E-state index in [2.05, 4.69) is 10.6 Å². The fourth-order valence-electron chi connectivity index (χ4n) is 3.65. The molecule has 4 N–H and O–H groups in total. The number of benzene rings is 1. The molecule has 9 heteroatoms. The van der Waals surface area contributed by atoms with E-state index < -0.39 is 47.6 Å². The van der Waals surface area contributed by atoms with Crippen molar-refractivity contribution in [1.29, 1.82) is 0 Å². The van der Waals surface area contributed by atoms with Gasteiger partial charge >= 0.3 is 6.09 Å². The molecule has 188 valence electrons. The SMILES string of the molecule is Cc1ccccc1C(C(=O)NC(C)(C)C)N(C(=O)C(CC(N)=O)NC(=O)OC(C)(C)C)C1CC1. The van der Waals surface area contributed by atoms with Crippen molar-refractivity contribution >= 4 is 23.8 Å². The first-order valence-corrected chi connectivity index (χ1v) is 11.6. The van der Waals surface area contributed by atoms with Gasteiger partial charge in [0.25, 0.3) is 0 Å². The summed E-state index contributed by atoms with van der Waals surface area (Å²) in [6.45, 7) is 12.5. The number of nitrogens with two attached hydrogens (primary N) is 1. The van der Waals surface area contributed by atoms with Crippen molar-refractivity contribution in [1.82, 2.24) is 15.5 Å². The number of aryl methyl sites for hydroxylation is 1. The molecule has 9 nitrogen and oxygen atoms in total. The van der Waals surface area contributed by atoms with E-state index in [0.29, 0.717) is 18.4 Å². The molecule has 0 radical (unpaired) electrons. The topological polar surface area (TPSA) is 131 Å². The van der Waals surface area contributed by atoms with Gasteiger partial charge in [-0.2, -0.15) is 0 Å². The summed E-state index contributed by atoms with van der Waals surface area (Å²) in [4.78, 5) is 53.1. The van der Waals surface area contributed by atoms with Gasteiger partial charge in [-0.3, -0.25) is 14.4 Å². The van der Waals surface area contributed by atoms with Crippen LogP contribution in [0.15, 0.2) is 24.3 Å². The highest BCUT2D eigenvalue weighted by Gasteiger charge is 2.45. The van der Waals surface area contributed by atoms with E-state index in [0.717, 1.165) is 5.56 Å². The van der Waals surface area contributed by atoms with Gasteiger partial charge in [-0.1, -0.05) is 24.3 Å². The van der Waals surface area contributed by atoms with Crippen LogP contribution in [0.2, 0.25) is 0 Å². The number of ether oxygens (including phenoxy) is 1. The van der Waals surface area contributed by atoms with Gasteiger partial charge in [0.1, 0.15) is 17.7 Å². The van der Waals surface area contributed by atoms with Crippen LogP contribution in [0, 0.1) is 6.92 Å². The minimum Gasteiger partial charge on any atom is -0.444 e. The maximum atomic E-state index is 13.8. The Balaban J connectivity index is 2.48. The molecule has 34 heavy (non-hydrogen) atoms. The summed E-state index contributed by atoms with van der Waals surface area (Å²) >= 11 is 0. The molecule has 0 bridgehead atoms. The third kappa shape index (κ3) is 8.04. The number of carbonyl (C=O) groups excluding carboxylic acids is 4. The number of nitrogens with zero attached hydrogens (tertiary/aromatic N) is 1. The second-order valence-electron chi connectivity index (χ2n) is 10.8. The van der Waals surface area contributed by atoms with Crippen molar-refractivity contribution in [2.45, 2.75) is 97.0 Å². The van der Waals surface area contributed by atoms with Gasteiger partial charge in [-0.25, -0.2) is 4.79 Å². The van der Waals surface area contributed by atoms with Crippen molar-refractivity contribution in [3.05, 3.63) is 35.4 Å². The zero-order chi connectivity index (χ0) is 25.8. The summed E-state index contributed by atoms with van der Waals surface area (Å²) in [7, 11) is 0. The molecular weight excluding hydrogens is 436 g/mol. The first kappa shape index (κ1) is 27.1. The number of amides is 4. The molecule has 1 saturated carbocycles. The molecule has 1 aromatic rings. The summed E-state index contributed by atoms with van der Waals surface area (Å²) in [5, 5.41) is 5.47. The van der Waals surface area contributed by atoms with Crippen molar-refractivity contribution in [2.75, 3.05) is 0 Å². The van der Waals surface area contributed by atoms with E-state index in [4.69, 9.17) is 10.5 Å². The Kier molecular flexibility index (Phi) is 8.34. The molecule has 0 heterocycles. The third-order valence-electron chi connectivity index (χ3n) is 5.10. The fraction of sp³-hybridized carbons (Fsp3) is 0.600. The second kappa shape index (κ2) is 10.4. The van der Waals surface area contributed by atoms with Gasteiger partial charge in [-0.05, 0) is 72.4 Å². The Bertz CT molecular complexity index is 928. The molecule has 0 spiro atoms. The Morgan fingerprint density at radius 1 is 1.09 bits per heavy atom. The first-order valence-electron chi connectivity index (χ1n) is 11.6. The summed E-state index contributed by atoms with van der Waals surface area (Å²) in [6.07, 6.45) is 0.177. The monoisotopic (exact) mass is 474 g/mol. The van der Waals surface area contributed by atoms with Gasteiger partial charge < -0.3 is 26.0 Å². The lowest BCUT2D eigenvalue weighted by Crippen LogP contribution is -2.56. The van der Waals surface area contributed by atoms with Crippen LogP contribution in [-0.2, 0) is 19.1 Å². The molecule has 2 atom stereocenters. The van der Waals surface area contributed by atoms with E-state index in [1.807, 2.05) is 52.0 Å². The number of hydrogen-bond donors (Lipinski definition) is 3. The van der Waals surface area contributed by atoms with E-state index in [-0.39, 0.29) is 11.9 Å². The van der Waals surface area contributed by atoms with Crippen LogP contribution in [0.4, 0.5) is 4.79 Å². The Morgan fingerprint density at radius 3 is 2.15 bits per heavy atom. The van der Waals surface area contributed by atoms with Crippen molar-refractivity contribution in [2.24, 2.45) is 5.73 Å². The zero-order valence-corrected chi connectivity index (χ0v) is 21.2. The van der Waals surface area contributed by atoms with E-state index >= 15 is 0 Å². The number of rotatable bonds is 8. The maximum Gasteiger partial charge on any atom is 0.408 e. The summed E-state index contributed by atoms with van der Waals surface area (Å²) in [6, 6.07) is 4.98. The number of alkyl carbamates (subject to hydrolysis) is 1. The molecule has 1 fully saturated rings. The molecular formula is C25H38N4O5. The molecule has 2 rings (SSSR count). The van der Waals surface area contributed by atoms with Gasteiger partial charge in [0.05, 0.1) is 6.42 Å². The summed E-state index contributed by atoms with van der Waals surface area (Å²) < 4.78 is 5.28. The Morgan fingerprint density at radius 2 is 1.68 bits per heavy atom. The highest BCUT2D eigenvalue weighted by atomic mass is 16.6. The van der Waals surface area contributed by atoms with Crippen LogP contribution in [0.25, 0.3) is 0 Å². The minimum absolute atomic E-state index is 0.196. The molecule has 0 aromatic heterocycles. The molecule has 0 saturated heterocycles. The highest BCUT2D eigenvalue weighted by Crippen LogP contribution is 2.37. The van der Waals surface area contributed by atoms with Gasteiger partial charge in [0, 0.05) is 11.6 Å². The molecule has 1 aliphatic rings. The first-order chi connectivity index (χ1) is 15.6. The standard InChI is InChI=1S/C25H38N4O5/c1-15-10-8-9-11-17(15)20(21(31)28-24(2,3)4)29(16-12-13-16)22(32)18(14-19(26)30)27-23(33)34-25(5,6)7/h8-11,16,18,20H,12-14H2,1-7H3,(H2,26,30)(H,27,33)(H,28,31). The molecule has 1 aromatic carbocycles. The minimum atomic E-state index is -1.26. The predicted octanol–water partition coefficient (Wildman–Crippen LogP) is 2.71. The van der Waals surface area contributed by atoms with Crippen LogP contribution >= 0.6 is 0 Å². The van der Waals surface area contributed by atoms with Crippen LogP contribution in [0.1, 0.15) is 78.0 Å². The quantitative estimate of drug-likeness (QED) is 0.533. The van der Waals surface area contributed by atoms with E-state index in [1.54, 1.807) is 20.8 Å². The van der Waals surface area contributed by atoms with Gasteiger partial charge in [0.2, 0.25) is 17.7 Å². The number of carbonyl (C=O) groups is 4. The average Bonchev–Trinajstić information content (AvgIpc) is 3.47. The molecule has 1 aliphatic carbocycles. The summed E-state index contributed by atoms with van der Waals surface area (Å²) in [5.74, 6) is -1.64. The van der Waals surface area contributed by atoms with Crippen molar-refractivity contribution < 1.29 is 23.9 Å². The highest BCUT2D eigenvalue weighted by molar-refractivity contribution is 5.95. The number of hydrogen-bond acceptors (Lipinski definition) is 5. The zero-order valence-electron chi connectivity index (χ0n) is 21.2. The third-order valence-corrected chi connectivity index (χ3v) is 5.10. The molecule has 2 unspecified atom stereocenters. The lowest BCUT2D eigenvalue weighted by Gasteiger charge is -2.36. The lowest BCUT2D eigenvalue weighted by molar-refractivity contribution is -0.144. The second-order valence-corrected chi connectivity index (χ2v) is 10.8. The Labute approximate surface area is 201 Å². The predicted molar refractivity (Wildman–Crippen MR) is 129 cm³/mol. The van der Waals surface area contributed by atoms with Gasteiger partial charge in [0.15, 0.2) is 0 Å². The Hall–Kier alpha value is -3.10. The summed E-state index contributed by atoms with van der Waals surface area (Å²) in [5.41, 5.74) is 5.60. The molecule has 0 aliphatic heterocycles. The lowest BCUT2D eigenvalue weighted by atomic mass is 9.96. The molecule has 4 amide bonds. The van der Waals surface area contributed by atoms with Crippen molar-refractivity contribution in [3.63, 3.8) is 0 Å². The van der Waals surface area contributed by atoms with E-state index in [1.165, 1.54) is 4.90 Å². The van der Waals surface area contributed by atoms with Crippen LogP contribution < -0.4 is 16.4 Å². The largest absolute Gasteiger partial charge is 0.444 e. The van der Waals surface area contributed by atoms with Gasteiger partial charge in [-0.15, -0.1) is 0 Å². The van der Waals surface area contributed by atoms with Crippen LogP contribution in [0.3, 0.4) is 0 Å². The number of primary amides is 1. The van der Waals surface area contributed by atoms with E-state index in [9.17, 15) is 19.2 Å². The number of nitrogens with one attached hydrogen (secondary N) is 2. The normalized spacial score (nSPS) is 15.6. The smallest absolute Gasteiger partial charge is 0.408 e.